The van der Waals surface area contributed by atoms with Crippen molar-refractivity contribution < 1.29 is 30.0 Å². The molecule has 0 saturated carbocycles. The van der Waals surface area contributed by atoms with Crippen LogP contribution < -0.4 is 0 Å². The van der Waals surface area contributed by atoms with E-state index in [9.17, 15) is 30.0 Å². The van der Waals surface area contributed by atoms with Crippen LogP contribution in [0, 0.1) is 0 Å². The number of aromatic hydroxyl groups is 2. The number of carboxylic acids is 2. The molecule has 0 radical (unpaired) electrons. The van der Waals surface area contributed by atoms with Gasteiger partial charge in [0.2, 0.25) is 0 Å². The van der Waals surface area contributed by atoms with Crippen molar-refractivity contribution in [3.63, 3.8) is 0 Å². The number of hydrogen-bond acceptors (Lipinski definition) is 4. The minimum Gasteiger partial charge on any atom is -0.507 e. The molecule has 6 nitrogen and oxygen atoms in total. The Bertz CT molecular complexity index is 1250. The van der Waals surface area contributed by atoms with Crippen LogP contribution in [0.1, 0.15) is 51.1 Å². The van der Waals surface area contributed by atoms with Crippen LogP contribution in [0.15, 0.2) is 60.7 Å². The van der Waals surface area contributed by atoms with Gasteiger partial charge in [-0.1, -0.05) is 55.5 Å². The largest absolute Gasteiger partial charge is 0.507 e. The molecule has 0 heterocycles. The van der Waals surface area contributed by atoms with Crippen LogP contribution in [-0.4, -0.2) is 32.4 Å². The Morgan fingerprint density at radius 1 is 0.742 bits per heavy atom. The Morgan fingerprint density at radius 2 is 1.13 bits per heavy atom. The van der Waals surface area contributed by atoms with E-state index in [-0.39, 0.29) is 22.6 Å². The second-order valence-electron chi connectivity index (χ2n) is 7.39. The van der Waals surface area contributed by atoms with Gasteiger partial charge in [0.25, 0.3) is 0 Å². The molecule has 0 unspecified atom stereocenters. The third-order valence-corrected chi connectivity index (χ3v) is 5.69. The summed E-state index contributed by atoms with van der Waals surface area (Å²) in [5.41, 5.74) is 0.206. The second kappa shape index (κ2) is 7.65. The van der Waals surface area contributed by atoms with Gasteiger partial charge in [-0.2, -0.15) is 0 Å². The zero-order chi connectivity index (χ0) is 22.3. The van der Waals surface area contributed by atoms with Gasteiger partial charge in [0.1, 0.15) is 22.6 Å². The molecule has 0 atom stereocenters. The van der Waals surface area contributed by atoms with Gasteiger partial charge in [-0.25, -0.2) is 9.59 Å². The van der Waals surface area contributed by atoms with Crippen LogP contribution in [-0.2, 0) is 0 Å². The summed E-state index contributed by atoms with van der Waals surface area (Å²) < 4.78 is 0. The lowest BCUT2D eigenvalue weighted by Crippen LogP contribution is -2.09. The van der Waals surface area contributed by atoms with E-state index in [1.807, 2.05) is 6.92 Å². The molecule has 0 aromatic heterocycles. The van der Waals surface area contributed by atoms with E-state index in [4.69, 9.17) is 0 Å². The fourth-order valence-electron chi connectivity index (χ4n) is 4.31. The number of aromatic carboxylic acids is 2. The predicted octanol–water partition coefficient (Wildman–Crippen LogP) is 5.34. The van der Waals surface area contributed by atoms with Gasteiger partial charge >= 0.3 is 11.9 Å². The van der Waals surface area contributed by atoms with Crippen LogP contribution in [0.25, 0.3) is 21.5 Å². The Morgan fingerprint density at radius 3 is 1.48 bits per heavy atom. The topological polar surface area (TPSA) is 115 Å². The third kappa shape index (κ3) is 3.22. The average molecular weight is 416 g/mol. The number of phenols is 2. The maximum Gasteiger partial charge on any atom is 0.339 e. The normalized spacial score (nSPS) is 11.3. The molecule has 0 aliphatic rings. The zero-order valence-electron chi connectivity index (χ0n) is 16.7. The average Bonchev–Trinajstić information content (AvgIpc) is 2.75. The molecular weight excluding hydrogens is 396 g/mol. The van der Waals surface area contributed by atoms with Crippen molar-refractivity contribution in [2.24, 2.45) is 0 Å². The zero-order valence-corrected chi connectivity index (χ0v) is 16.7. The summed E-state index contributed by atoms with van der Waals surface area (Å²) in [6.45, 7) is 1.84. The van der Waals surface area contributed by atoms with Crippen molar-refractivity contribution in [3.05, 3.63) is 82.9 Å². The highest BCUT2D eigenvalue weighted by Gasteiger charge is 2.29. The first kappa shape index (κ1) is 20.2. The first-order chi connectivity index (χ1) is 14.8. The second-order valence-corrected chi connectivity index (χ2v) is 7.39. The summed E-state index contributed by atoms with van der Waals surface area (Å²) in [6, 6.07) is 17.0. The molecule has 4 rings (SSSR count). The van der Waals surface area contributed by atoms with E-state index >= 15 is 0 Å². The molecule has 4 aromatic rings. The van der Waals surface area contributed by atoms with Gasteiger partial charge < -0.3 is 20.4 Å². The predicted molar refractivity (Wildman–Crippen MR) is 117 cm³/mol. The molecule has 0 bridgehead atoms. The van der Waals surface area contributed by atoms with E-state index in [0.717, 1.165) is 0 Å². The third-order valence-electron chi connectivity index (χ3n) is 5.69. The van der Waals surface area contributed by atoms with Crippen LogP contribution >= 0.6 is 0 Å². The fraction of sp³-hybridized carbons (Fsp3) is 0.120. The summed E-state index contributed by atoms with van der Waals surface area (Å²) in [6.07, 6.45) is 0.390. The lowest BCUT2D eigenvalue weighted by Gasteiger charge is -2.24. The smallest absolute Gasteiger partial charge is 0.339 e. The lowest BCUT2D eigenvalue weighted by molar-refractivity contribution is 0.0682. The molecule has 31 heavy (non-hydrogen) atoms. The van der Waals surface area contributed by atoms with Crippen molar-refractivity contribution in [1.29, 1.82) is 0 Å². The molecule has 6 heteroatoms. The Kier molecular flexibility index (Phi) is 4.99. The van der Waals surface area contributed by atoms with Crippen LogP contribution in [0.2, 0.25) is 0 Å². The van der Waals surface area contributed by atoms with Gasteiger partial charge in [-0.3, -0.25) is 0 Å². The van der Waals surface area contributed by atoms with E-state index in [2.05, 4.69) is 0 Å². The van der Waals surface area contributed by atoms with Gasteiger partial charge in [-0.05, 0) is 40.1 Å². The van der Waals surface area contributed by atoms with Crippen molar-refractivity contribution >= 4 is 33.5 Å². The maximum absolute atomic E-state index is 11.8. The SMILES string of the molecule is CCC(c1c(O)c(C(=O)O)cc2ccccc12)c1c(O)c(C(=O)O)cc2ccccc12. The Hall–Kier alpha value is -4.06. The number of rotatable bonds is 5. The van der Waals surface area contributed by atoms with Gasteiger partial charge in [0.05, 0.1) is 0 Å². The molecular formula is C25H20O6. The fourth-order valence-corrected chi connectivity index (χ4v) is 4.31. The highest BCUT2D eigenvalue weighted by molar-refractivity contribution is 6.03. The number of carboxylic acid groups (broad SMARTS) is 2. The molecule has 0 amide bonds. The molecule has 4 aromatic carbocycles. The molecule has 156 valence electrons. The van der Waals surface area contributed by atoms with Crippen LogP contribution in [0.3, 0.4) is 0 Å². The maximum atomic E-state index is 11.8. The number of carbonyl (C=O) groups is 2. The Balaban J connectivity index is 2.15. The number of hydrogen-bond donors (Lipinski definition) is 4. The van der Waals surface area contributed by atoms with E-state index in [0.29, 0.717) is 39.1 Å². The van der Waals surface area contributed by atoms with Crippen molar-refractivity contribution in [1.82, 2.24) is 0 Å². The van der Waals surface area contributed by atoms with Gasteiger partial charge in [-0.15, -0.1) is 0 Å². The minimum absolute atomic E-state index is 0.245. The molecule has 0 spiro atoms. The number of benzene rings is 4. The first-order valence-electron chi connectivity index (χ1n) is 9.80. The van der Waals surface area contributed by atoms with Crippen molar-refractivity contribution in [2.75, 3.05) is 0 Å². The summed E-state index contributed by atoms with van der Waals surface area (Å²) in [5.74, 6) is -3.96. The van der Waals surface area contributed by atoms with Crippen LogP contribution in [0.4, 0.5) is 0 Å². The first-order valence-corrected chi connectivity index (χ1v) is 9.80. The summed E-state index contributed by atoms with van der Waals surface area (Å²) >= 11 is 0. The molecule has 0 fully saturated rings. The van der Waals surface area contributed by atoms with Gasteiger partial charge in [0.15, 0.2) is 0 Å². The van der Waals surface area contributed by atoms with Gasteiger partial charge in [0, 0.05) is 17.0 Å². The van der Waals surface area contributed by atoms with Crippen molar-refractivity contribution in [3.8, 4) is 11.5 Å². The van der Waals surface area contributed by atoms with E-state index in [1.54, 1.807) is 48.5 Å². The van der Waals surface area contributed by atoms with E-state index in [1.165, 1.54) is 12.1 Å². The van der Waals surface area contributed by atoms with Crippen LogP contribution in [0.5, 0.6) is 11.5 Å². The highest BCUT2D eigenvalue weighted by atomic mass is 16.4. The summed E-state index contributed by atoms with van der Waals surface area (Å²) in [7, 11) is 0. The quantitative estimate of drug-likeness (QED) is 0.349. The number of fused-ring (bicyclic) bond motifs is 2. The lowest BCUT2D eigenvalue weighted by atomic mass is 9.81. The molecule has 4 N–H and O–H groups in total. The van der Waals surface area contributed by atoms with E-state index < -0.39 is 17.9 Å². The molecule has 0 aliphatic carbocycles. The Labute approximate surface area is 177 Å². The summed E-state index contributed by atoms with van der Waals surface area (Å²) in [4.78, 5) is 23.6. The minimum atomic E-state index is -1.27. The molecule has 0 aliphatic heterocycles. The molecule has 0 saturated heterocycles. The highest BCUT2D eigenvalue weighted by Crippen LogP contribution is 2.46. The monoisotopic (exact) mass is 416 g/mol. The standard InChI is InChI=1S/C25H20O6/c1-2-15(20-16-9-5-3-7-13(16)11-18(22(20)26)24(28)29)21-17-10-6-4-8-14(17)12-19(23(21)27)25(30)31/h3-12,15,26-27H,2H2,1H3,(H,28,29)(H,30,31). The summed E-state index contributed by atoms with van der Waals surface area (Å²) in [5, 5.41) is 43.8. The van der Waals surface area contributed by atoms with Crippen molar-refractivity contribution in [2.45, 2.75) is 19.3 Å².